The van der Waals surface area contributed by atoms with Crippen LogP contribution < -0.4 is 4.72 Å². The van der Waals surface area contributed by atoms with Crippen LogP contribution in [0.2, 0.25) is 0 Å². The van der Waals surface area contributed by atoms with Crippen molar-refractivity contribution >= 4 is 16.0 Å². The molecule has 0 aliphatic heterocycles. The van der Waals surface area contributed by atoms with Crippen LogP contribution in [0.1, 0.15) is 29.6 Å². The Morgan fingerprint density at radius 1 is 1.43 bits per heavy atom. The molecular weight excluding hydrogens is 301 g/mol. The number of methoxy groups -OCH3 is 1. The molecule has 116 valence electrons. The van der Waals surface area contributed by atoms with Crippen molar-refractivity contribution in [3.8, 4) is 0 Å². The molecule has 1 saturated carbocycles. The third kappa shape index (κ3) is 3.58. The van der Waals surface area contributed by atoms with Crippen LogP contribution in [0, 0.1) is 5.82 Å². The number of hydrogen-bond acceptors (Lipinski definition) is 4. The average Bonchev–Trinajstić information content (AvgIpc) is 2.85. The van der Waals surface area contributed by atoms with E-state index < -0.39 is 26.7 Å². The van der Waals surface area contributed by atoms with Crippen molar-refractivity contribution in [2.24, 2.45) is 0 Å². The van der Waals surface area contributed by atoms with Crippen molar-refractivity contribution in [1.29, 1.82) is 0 Å². The van der Waals surface area contributed by atoms with Crippen LogP contribution in [-0.2, 0) is 14.8 Å². The monoisotopic (exact) mass is 317 g/mol. The Labute approximate surface area is 122 Å². The molecule has 0 bridgehead atoms. The summed E-state index contributed by atoms with van der Waals surface area (Å²) in [6.07, 6.45) is 1.81. The molecule has 1 aromatic carbocycles. The summed E-state index contributed by atoms with van der Waals surface area (Å²) in [7, 11) is -2.55. The number of carboxylic acids is 1. The first-order valence-corrected chi connectivity index (χ1v) is 7.90. The molecular formula is C13H16FNO5S. The predicted molar refractivity (Wildman–Crippen MR) is 72.1 cm³/mol. The average molecular weight is 317 g/mol. The molecule has 1 aromatic rings. The summed E-state index contributed by atoms with van der Waals surface area (Å²) < 4.78 is 45.6. The minimum Gasteiger partial charge on any atom is -0.478 e. The maximum Gasteiger partial charge on any atom is 0.335 e. The highest BCUT2D eigenvalue weighted by Crippen LogP contribution is 2.24. The number of hydrogen-bond donors (Lipinski definition) is 2. The van der Waals surface area contributed by atoms with Gasteiger partial charge in [0, 0.05) is 13.2 Å². The van der Waals surface area contributed by atoms with Crippen molar-refractivity contribution < 1.29 is 27.4 Å². The largest absolute Gasteiger partial charge is 0.478 e. The number of sulfonamides is 1. The number of ether oxygens (including phenoxy) is 1. The Hall–Kier alpha value is -1.51. The van der Waals surface area contributed by atoms with Gasteiger partial charge in [-0.1, -0.05) is 0 Å². The molecule has 21 heavy (non-hydrogen) atoms. The number of rotatable bonds is 5. The molecule has 0 amide bonds. The summed E-state index contributed by atoms with van der Waals surface area (Å²) >= 11 is 0. The van der Waals surface area contributed by atoms with Gasteiger partial charge in [-0.15, -0.1) is 0 Å². The van der Waals surface area contributed by atoms with Gasteiger partial charge >= 0.3 is 5.97 Å². The molecule has 2 atom stereocenters. The minimum absolute atomic E-state index is 0.0205. The normalized spacial score (nSPS) is 22.4. The van der Waals surface area contributed by atoms with Crippen LogP contribution in [-0.4, -0.2) is 38.7 Å². The van der Waals surface area contributed by atoms with Crippen LogP contribution in [0.15, 0.2) is 23.1 Å². The van der Waals surface area contributed by atoms with Crippen LogP contribution in [0.5, 0.6) is 0 Å². The molecule has 0 spiro atoms. The molecule has 2 rings (SSSR count). The van der Waals surface area contributed by atoms with Crippen molar-refractivity contribution in [2.45, 2.75) is 36.3 Å². The zero-order valence-electron chi connectivity index (χ0n) is 11.4. The summed E-state index contributed by atoms with van der Waals surface area (Å²) in [5.74, 6) is -2.29. The van der Waals surface area contributed by atoms with E-state index in [1.165, 1.54) is 0 Å². The molecule has 8 heteroatoms. The highest BCUT2D eigenvalue weighted by molar-refractivity contribution is 7.89. The lowest BCUT2D eigenvalue weighted by Gasteiger charge is -2.14. The van der Waals surface area contributed by atoms with Gasteiger partial charge in [-0.05, 0) is 37.5 Å². The zero-order valence-corrected chi connectivity index (χ0v) is 12.2. The number of halogens is 1. The van der Waals surface area contributed by atoms with Crippen LogP contribution >= 0.6 is 0 Å². The Kier molecular flexibility index (Phi) is 4.60. The van der Waals surface area contributed by atoms with Crippen molar-refractivity contribution in [2.75, 3.05) is 7.11 Å². The van der Waals surface area contributed by atoms with Gasteiger partial charge in [-0.25, -0.2) is 22.3 Å². The molecule has 1 fully saturated rings. The molecule has 2 unspecified atom stereocenters. The van der Waals surface area contributed by atoms with Gasteiger partial charge in [0.15, 0.2) is 0 Å². The van der Waals surface area contributed by atoms with E-state index >= 15 is 0 Å². The summed E-state index contributed by atoms with van der Waals surface area (Å²) in [5, 5.41) is 8.86. The van der Waals surface area contributed by atoms with Crippen molar-refractivity contribution in [3.05, 3.63) is 29.6 Å². The maximum absolute atomic E-state index is 13.7. The van der Waals surface area contributed by atoms with E-state index in [1.807, 2.05) is 0 Å². The quantitative estimate of drug-likeness (QED) is 0.855. The fourth-order valence-corrected chi connectivity index (χ4v) is 3.77. The second kappa shape index (κ2) is 6.08. The smallest absolute Gasteiger partial charge is 0.335 e. The Morgan fingerprint density at radius 3 is 2.71 bits per heavy atom. The molecule has 0 aromatic heterocycles. The Morgan fingerprint density at radius 2 is 2.14 bits per heavy atom. The summed E-state index contributed by atoms with van der Waals surface area (Å²) in [6, 6.07) is 2.34. The number of benzene rings is 1. The molecule has 0 heterocycles. The van der Waals surface area contributed by atoms with E-state index in [-0.39, 0.29) is 17.7 Å². The first kappa shape index (κ1) is 15.9. The van der Waals surface area contributed by atoms with Crippen molar-refractivity contribution in [3.63, 3.8) is 0 Å². The van der Waals surface area contributed by atoms with Gasteiger partial charge in [0.1, 0.15) is 10.7 Å². The second-order valence-corrected chi connectivity index (χ2v) is 6.62. The van der Waals surface area contributed by atoms with E-state index in [0.29, 0.717) is 12.8 Å². The van der Waals surface area contributed by atoms with E-state index in [2.05, 4.69) is 4.72 Å². The van der Waals surface area contributed by atoms with E-state index in [9.17, 15) is 17.6 Å². The molecule has 1 aliphatic carbocycles. The maximum atomic E-state index is 13.7. The highest BCUT2D eigenvalue weighted by atomic mass is 32.2. The molecule has 2 N–H and O–H groups in total. The number of nitrogens with one attached hydrogen (secondary N) is 1. The van der Waals surface area contributed by atoms with Crippen LogP contribution in [0.4, 0.5) is 4.39 Å². The van der Waals surface area contributed by atoms with Crippen LogP contribution in [0.3, 0.4) is 0 Å². The summed E-state index contributed by atoms with van der Waals surface area (Å²) in [4.78, 5) is 10.2. The summed E-state index contributed by atoms with van der Waals surface area (Å²) in [6.45, 7) is 0. The fraction of sp³-hybridized carbons (Fsp3) is 0.462. The van der Waals surface area contributed by atoms with Crippen molar-refractivity contribution in [1.82, 2.24) is 4.72 Å². The van der Waals surface area contributed by atoms with Gasteiger partial charge in [0.05, 0.1) is 11.7 Å². The van der Waals surface area contributed by atoms with Crippen LogP contribution in [0.25, 0.3) is 0 Å². The molecule has 0 radical (unpaired) electrons. The lowest BCUT2D eigenvalue weighted by Crippen LogP contribution is -2.34. The number of carboxylic acid groups (broad SMARTS) is 1. The third-order valence-corrected chi connectivity index (χ3v) is 5.04. The zero-order chi connectivity index (χ0) is 15.6. The van der Waals surface area contributed by atoms with Gasteiger partial charge in [-0.3, -0.25) is 0 Å². The van der Waals surface area contributed by atoms with Gasteiger partial charge in [0.2, 0.25) is 10.0 Å². The first-order chi connectivity index (χ1) is 9.83. The Balaban J connectivity index is 2.23. The lowest BCUT2D eigenvalue weighted by atomic mass is 10.2. The van der Waals surface area contributed by atoms with E-state index in [0.717, 1.165) is 24.6 Å². The molecule has 6 nitrogen and oxygen atoms in total. The van der Waals surface area contributed by atoms with E-state index in [4.69, 9.17) is 9.84 Å². The number of aromatic carboxylic acids is 1. The lowest BCUT2D eigenvalue weighted by molar-refractivity contribution is 0.0696. The summed E-state index contributed by atoms with van der Waals surface area (Å²) in [5.41, 5.74) is -0.280. The van der Waals surface area contributed by atoms with Gasteiger partial charge < -0.3 is 9.84 Å². The van der Waals surface area contributed by atoms with E-state index in [1.54, 1.807) is 7.11 Å². The predicted octanol–water partition coefficient (Wildman–Crippen LogP) is 1.37. The fourth-order valence-electron chi connectivity index (χ4n) is 2.39. The number of carbonyl (C=O) groups is 1. The standard InChI is InChI=1S/C13H16FNO5S/c1-20-10-4-3-9(7-10)15-21(18,19)12-6-8(13(16)17)2-5-11(12)14/h2,5-6,9-10,15H,3-4,7H2,1H3,(H,16,17). The molecule has 1 aliphatic rings. The SMILES string of the molecule is COC1CCC(NS(=O)(=O)c2cc(C(=O)O)ccc2F)C1. The molecule has 0 saturated heterocycles. The second-order valence-electron chi connectivity index (χ2n) is 4.94. The minimum atomic E-state index is -4.11. The van der Waals surface area contributed by atoms with Gasteiger partial charge in [-0.2, -0.15) is 0 Å². The highest BCUT2D eigenvalue weighted by Gasteiger charge is 2.30. The Bertz CT molecular complexity index is 646. The first-order valence-electron chi connectivity index (χ1n) is 6.41. The third-order valence-electron chi connectivity index (χ3n) is 3.51. The van der Waals surface area contributed by atoms with Gasteiger partial charge in [0.25, 0.3) is 0 Å². The topological polar surface area (TPSA) is 92.7 Å².